The smallest absolute Gasteiger partial charge is 0.118 e. The van der Waals surface area contributed by atoms with E-state index in [1.807, 2.05) is 59.4 Å². The number of halogens is 1. The summed E-state index contributed by atoms with van der Waals surface area (Å²) < 4.78 is 7.12. The normalized spacial score (nSPS) is 9.67. The van der Waals surface area contributed by atoms with Gasteiger partial charge in [0.1, 0.15) is 12.1 Å². The maximum absolute atomic E-state index is 8.94. The van der Waals surface area contributed by atoms with Crippen LogP contribution in [-0.2, 0) is 6.54 Å². The average Bonchev–Trinajstić information content (AvgIpc) is 3.15. The predicted molar refractivity (Wildman–Crippen MR) is 95.2 cm³/mol. The number of anilines is 1. The van der Waals surface area contributed by atoms with E-state index in [-0.39, 0.29) is 12.4 Å². The van der Waals surface area contributed by atoms with Crippen LogP contribution in [0.5, 0.6) is 5.75 Å². The van der Waals surface area contributed by atoms with Crippen LogP contribution >= 0.6 is 12.4 Å². The highest BCUT2D eigenvalue weighted by Crippen LogP contribution is 2.20. The first-order chi connectivity index (χ1) is 11.3. The third-order valence-electron chi connectivity index (χ3n) is 3.56. The molecule has 0 fully saturated rings. The number of nitriles is 1. The van der Waals surface area contributed by atoms with E-state index in [0.717, 1.165) is 17.0 Å². The maximum atomic E-state index is 8.94. The molecule has 0 unspecified atom stereocenters. The van der Waals surface area contributed by atoms with Gasteiger partial charge >= 0.3 is 0 Å². The number of benzene rings is 2. The van der Waals surface area contributed by atoms with E-state index in [1.54, 1.807) is 19.6 Å². The Labute approximate surface area is 147 Å². The molecule has 0 saturated heterocycles. The first kappa shape index (κ1) is 17.4. The molecule has 0 spiro atoms. The van der Waals surface area contributed by atoms with Crippen molar-refractivity contribution in [2.24, 2.45) is 0 Å². The highest BCUT2D eigenvalue weighted by atomic mass is 35.5. The molecule has 24 heavy (non-hydrogen) atoms. The number of imidazole rings is 1. The summed E-state index contributed by atoms with van der Waals surface area (Å²) in [6, 6.07) is 17.6. The summed E-state index contributed by atoms with van der Waals surface area (Å²) in [6.45, 7) is 0.673. The summed E-state index contributed by atoms with van der Waals surface area (Å²) in [6.07, 6.45) is 5.38. The topological polar surface area (TPSA) is 54.1 Å². The number of methoxy groups -OCH3 is 1. The summed E-state index contributed by atoms with van der Waals surface area (Å²) in [5, 5.41) is 11.0. The zero-order valence-electron chi connectivity index (χ0n) is 13.2. The largest absolute Gasteiger partial charge is 0.497 e. The first-order valence-corrected chi connectivity index (χ1v) is 7.19. The molecule has 0 atom stereocenters. The Bertz CT molecular complexity index is 793. The number of ether oxygens (including phenoxy) is 1. The van der Waals surface area contributed by atoms with E-state index in [2.05, 4.69) is 16.1 Å². The van der Waals surface area contributed by atoms with E-state index in [4.69, 9.17) is 10.00 Å². The molecule has 0 aliphatic carbocycles. The van der Waals surface area contributed by atoms with Crippen molar-refractivity contribution >= 4 is 18.1 Å². The van der Waals surface area contributed by atoms with Crippen molar-refractivity contribution in [1.29, 1.82) is 5.26 Å². The second-order valence-corrected chi connectivity index (χ2v) is 5.01. The van der Waals surface area contributed by atoms with Gasteiger partial charge in [-0.25, -0.2) is 9.66 Å². The second kappa shape index (κ2) is 8.04. The Morgan fingerprint density at radius 1 is 1.12 bits per heavy atom. The van der Waals surface area contributed by atoms with Gasteiger partial charge in [-0.05, 0) is 42.0 Å². The van der Waals surface area contributed by atoms with Gasteiger partial charge in [-0.3, -0.25) is 5.01 Å². The van der Waals surface area contributed by atoms with Crippen LogP contribution in [0.1, 0.15) is 11.1 Å². The van der Waals surface area contributed by atoms with Crippen molar-refractivity contribution in [2.75, 3.05) is 12.1 Å². The number of aromatic nitrogens is 2. The average molecular weight is 341 g/mol. The lowest BCUT2D eigenvalue weighted by atomic mass is 10.2. The molecule has 5 nitrogen and oxygen atoms in total. The minimum Gasteiger partial charge on any atom is -0.497 e. The van der Waals surface area contributed by atoms with Crippen molar-refractivity contribution in [3.05, 3.63) is 78.4 Å². The molecule has 0 bridgehead atoms. The molecule has 0 N–H and O–H groups in total. The Morgan fingerprint density at radius 3 is 2.38 bits per heavy atom. The van der Waals surface area contributed by atoms with Crippen molar-refractivity contribution in [3.8, 4) is 11.8 Å². The summed E-state index contributed by atoms with van der Waals surface area (Å²) in [5.41, 5.74) is 2.77. The molecule has 1 aromatic heterocycles. The van der Waals surface area contributed by atoms with E-state index >= 15 is 0 Å². The molecule has 0 amide bonds. The maximum Gasteiger partial charge on any atom is 0.118 e. The van der Waals surface area contributed by atoms with Crippen molar-refractivity contribution in [3.63, 3.8) is 0 Å². The molecule has 0 radical (unpaired) electrons. The van der Waals surface area contributed by atoms with Gasteiger partial charge in [0.15, 0.2) is 0 Å². The van der Waals surface area contributed by atoms with E-state index < -0.39 is 0 Å². The zero-order valence-corrected chi connectivity index (χ0v) is 14.0. The van der Waals surface area contributed by atoms with Crippen LogP contribution in [0.4, 0.5) is 5.69 Å². The molecule has 1 heterocycles. The van der Waals surface area contributed by atoms with Gasteiger partial charge in [0.05, 0.1) is 31.0 Å². The second-order valence-electron chi connectivity index (χ2n) is 5.01. The Kier molecular flexibility index (Phi) is 5.83. The van der Waals surface area contributed by atoms with Gasteiger partial charge in [0.25, 0.3) is 0 Å². The third-order valence-corrected chi connectivity index (χ3v) is 3.56. The number of rotatable bonds is 5. The van der Waals surface area contributed by atoms with Crippen LogP contribution in [0.2, 0.25) is 0 Å². The van der Waals surface area contributed by atoms with Gasteiger partial charge in [-0.2, -0.15) is 5.26 Å². The van der Waals surface area contributed by atoms with E-state index in [0.29, 0.717) is 12.1 Å². The molecule has 0 saturated carbocycles. The van der Waals surface area contributed by atoms with Crippen molar-refractivity contribution in [2.45, 2.75) is 6.54 Å². The molecule has 3 aromatic rings. The summed E-state index contributed by atoms with van der Waals surface area (Å²) >= 11 is 0. The van der Waals surface area contributed by atoms with Crippen molar-refractivity contribution in [1.82, 2.24) is 9.66 Å². The van der Waals surface area contributed by atoms with Crippen LogP contribution < -0.4 is 9.75 Å². The fraction of sp³-hybridized carbons (Fsp3) is 0.111. The summed E-state index contributed by atoms with van der Waals surface area (Å²) in [7, 11) is 1.66. The lowest BCUT2D eigenvalue weighted by Gasteiger charge is -2.25. The summed E-state index contributed by atoms with van der Waals surface area (Å²) in [4.78, 5) is 4.12. The Morgan fingerprint density at radius 2 is 1.83 bits per heavy atom. The lowest BCUT2D eigenvalue weighted by Crippen LogP contribution is -2.27. The van der Waals surface area contributed by atoms with Gasteiger partial charge in [-0.15, -0.1) is 12.4 Å². The molecule has 6 heteroatoms. The Hall–Kier alpha value is -2.97. The number of hydrogen-bond donors (Lipinski definition) is 0. The fourth-order valence-corrected chi connectivity index (χ4v) is 2.31. The Balaban J connectivity index is 0.00000208. The van der Waals surface area contributed by atoms with Crippen molar-refractivity contribution < 1.29 is 4.74 Å². The number of nitrogens with zero attached hydrogens (tertiary/aromatic N) is 4. The minimum absolute atomic E-state index is 0. The van der Waals surface area contributed by atoms with Crippen LogP contribution in [0.25, 0.3) is 0 Å². The van der Waals surface area contributed by atoms with Gasteiger partial charge in [-0.1, -0.05) is 12.1 Å². The van der Waals surface area contributed by atoms with E-state index in [9.17, 15) is 0 Å². The standard InChI is InChI=1S/C18H16N4O.ClH/c1-23-18-8-4-16(5-9-18)13-22(21-11-10-20-14-21)17-6-2-15(12-19)3-7-17;/h2-11,14H,13H2,1H3;1H. The highest BCUT2D eigenvalue weighted by molar-refractivity contribution is 5.85. The molecule has 3 rings (SSSR count). The molecule has 2 aromatic carbocycles. The lowest BCUT2D eigenvalue weighted by molar-refractivity contribution is 0.414. The monoisotopic (exact) mass is 340 g/mol. The van der Waals surface area contributed by atoms with Crippen LogP contribution in [0.15, 0.2) is 67.3 Å². The minimum atomic E-state index is 0. The van der Waals surface area contributed by atoms with Gasteiger partial charge < -0.3 is 4.74 Å². The van der Waals surface area contributed by atoms with Crippen LogP contribution in [0, 0.1) is 11.3 Å². The highest BCUT2D eigenvalue weighted by Gasteiger charge is 2.09. The van der Waals surface area contributed by atoms with Gasteiger partial charge in [0.2, 0.25) is 0 Å². The quantitative estimate of drug-likeness (QED) is 0.711. The molecular weight excluding hydrogens is 324 g/mol. The first-order valence-electron chi connectivity index (χ1n) is 7.19. The van der Waals surface area contributed by atoms with E-state index in [1.165, 1.54) is 0 Å². The molecule has 0 aliphatic heterocycles. The van der Waals surface area contributed by atoms with Crippen LogP contribution in [0.3, 0.4) is 0 Å². The SMILES string of the molecule is COc1ccc(CN(c2ccc(C#N)cc2)n2ccnc2)cc1.Cl. The zero-order chi connectivity index (χ0) is 16.1. The predicted octanol–water partition coefficient (Wildman–Crippen LogP) is 3.66. The number of hydrogen-bond acceptors (Lipinski definition) is 4. The third kappa shape index (κ3) is 3.86. The molecule has 122 valence electrons. The summed E-state index contributed by atoms with van der Waals surface area (Å²) in [5.74, 6) is 0.835. The molecular formula is C18H17ClN4O. The molecule has 0 aliphatic rings. The van der Waals surface area contributed by atoms with Gasteiger partial charge in [0, 0.05) is 12.4 Å². The fourth-order valence-electron chi connectivity index (χ4n) is 2.31. The van der Waals surface area contributed by atoms with Crippen LogP contribution in [-0.4, -0.2) is 16.8 Å².